The fraction of sp³-hybridized carbons (Fsp3) is 0.533. The predicted molar refractivity (Wildman–Crippen MR) is 81.6 cm³/mol. The highest BCUT2D eigenvalue weighted by Crippen LogP contribution is 2.31. The first-order valence-corrected chi connectivity index (χ1v) is 7.85. The number of carbonyl (C=O) groups excluding carboxylic acids is 1. The Morgan fingerprint density at radius 2 is 2.05 bits per heavy atom. The number of hydrogen-bond acceptors (Lipinski definition) is 6. The van der Waals surface area contributed by atoms with Crippen molar-refractivity contribution in [2.45, 2.75) is 41.0 Å². The van der Waals surface area contributed by atoms with Gasteiger partial charge in [0.15, 0.2) is 0 Å². The lowest BCUT2D eigenvalue weighted by atomic mass is 10.1. The predicted octanol–water partition coefficient (Wildman–Crippen LogP) is 3.79. The summed E-state index contributed by atoms with van der Waals surface area (Å²) in [5.41, 5.74) is 1.52. The van der Waals surface area contributed by atoms with E-state index in [1.165, 1.54) is 11.3 Å². The van der Waals surface area contributed by atoms with Crippen LogP contribution in [-0.2, 0) is 11.2 Å². The molecular formula is C15H20N2O3S. The van der Waals surface area contributed by atoms with Gasteiger partial charge in [0.1, 0.15) is 4.88 Å². The van der Waals surface area contributed by atoms with Crippen molar-refractivity contribution < 1.29 is 13.9 Å². The molecule has 0 saturated carbocycles. The maximum absolute atomic E-state index is 12.0. The molecule has 2 aromatic rings. The second kappa shape index (κ2) is 6.39. The topological polar surface area (TPSA) is 65.2 Å². The van der Waals surface area contributed by atoms with Crippen molar-refractivity contribution in [2.24, 2.45) is 5.92 Å². The van der Waals surface area contributed by atoms with Crippen molar-refractivity contribution in [3.63, 3.8) is 0 Å². The summed E-state index contributed by atoms with van der Waals surface area (Å²) in [6.45, 7) is 10.1. The van der Waals surface area contributed by atoms with Gasteiger partial charge in [-0.2, -0.15) is 0 Å². The highest BCUT2D eigenvalue weighted by molar-refractivity contribution is 7.15. The summed E-state index contributed by atoms with van der Waals surface area (Å²) in [5.74, 6) is 0.592. The summed E-state index contributed by atoms with van der Waals surface area (Å²) in [5, 5.41) is 0.948. The molecule has 0 bridgehead atoms. The van der Waals surface area contributed by atoms with E-state index in [0.717, 1.165) is 15.6 Å². The van der Waals surface area contributed by atoms with Crippen LogP contribution in [0.1, 0.15) is 47.7 Å². The van der Waals surface area contributed by atoms with Gasteiger partial charge in [0.25, 0.3) is 0 Å². The minimum absolute atomic E-state index is 0.214. The molecule has 0 aromatic carbocycles. The molecule has 2 aromatic heterocycles. The summed E-state index contributed by atoms with van der Waals surface area (Å²) in [4.78, 5) is 21.8. The Balaban J connectivity index is 2.44. The zero-order chi connectivity index (χ0) is 15.6. The van der Waals surface area contributed by atoms with Crippen LogP contribution in [0.2, 0.25) is 0 Å². The van der Waals surface area contributed by atoms with Gasteiger partial charge in [0.2, 0.25) is 11.7 Å². The van der Waals surface area contributed by atoms with Crippen molar-refractivity contribution in [3.8, 4) is 10.8 Å². The molecule has 0 fully saturated rings. The lowest BCUT2D eigenvalue weighted by molar-refractivity contribution is 0.0489. The fourth-order valence-corrected chi connectivity index (χ4v) is 2.91. The minimum Gasteiger partial charge on any atom is -0.460 e. The number of thiazole rings is 1. The molecule has 0 atom stereocenters. The van der Waals surface area contributed by atoms with E-state index in [1.54, 1.807) is 6.92 Å². The van der Waals surface area contributed by atoms with E-state index in [4.69, 9.17) is 9.15 Å². The number of rotatable bonds is 5. The molecular weight excluding hydrogens is 288 g/mol. The van der Waals surface area contributed by atoms with E-state index in [0.29, 0.717) is 30.5 Å². The monoisotopic (exact) mass is 308 g/mol. The smallest absolute Gasteiger partial charge is 0.376 e. The largest absolute Gasteiger partial charge is 0.460 e. The molecule has 0 spiro atoms. The molecule has 6 heteroatoms. The summed E-state index contributed by atoms with van der Waals surface area (Å²) >= 11 is 1.51. The molecule has 0 amide bonds. The van der Waals surface area contributed by atoms with E-state index in [2.05, 4.69) is 23.8 Å². The first-order valence-electron chi connectivity index (χ1n) is 7.03. The Morgan fingerprint density at radius 3 is 2.57 bits per heavy atom. The molecule has 0 aliphatic carbocycles. The van der Waals surface area contributed by atoms with Crippen LogP contribution in [0, 0.1) is 19.8 Å². The Kier molecular flexibility index (Phi) is 4.77. The molecule has 0 unspecified atom stereocenters. The Bertz CT molecular complexity index is 643. The Morgan fingerprint density at radius 1 is 1.33 bits per heavy atom. The number of aromatic nitrogens is 2. The van der Waals surface area contributed by atoms with Gasteiger partial charge in [-0.05, 0) is 33.1 Å². The number of carbonyl (C=O) groups is 1. The lowest BCUT2D eigenvalue weighted by Gasteiger charge is -2.02. The highest BCUT2D eigenvalue weighted by atomic mass is 32.1. The molecule has 0 aliphatic heterocycles. The molecule has 0 aliphatic rings. The number of nitrogens with zero attached hydrogens (tertiary/aromatic N) is 2. The van der Waals surface area contributed by atoms with Gasteiger partial charge in [0, 0.05) is 0 Å². The first kappa shape index (κ1) is 15.7. The van der Waals surface area contributed by atoms with Gasteiger partial charge >= 0.3 is 5.97 Å². The van der Waals surface area contributed by atoms with Crippen LogP contribution in [-0.4, -0.2) is 22.5 Å². The highest BCUT2D eigenvalue weighted by Gasteiger charge is 2.24. The van der Waals surface area contributed by atoms with Crippen molar-refractivity contribution in [1.29, 1.82) is 0 Å². The Labute approximate surface area is 128 Å². The maximum atomic E-state index is 12.0. The zero-order valence-electron chi connectivity index (χ0n) is 13.0. The number of aryl methyl sites for hydroxylation is 2. The number of ether oxygens (including phenoxy) is 1. The summed E-state index contributed by atoms with van der Waals surface area (Å²) in [6, 6.07) is 0. The molecule has 5 nitrogen and oxygen atoms in total. The van der Waals surface area contributed by atoms with Crippen molar-refractivity contribution >= 4 is 17.3 Å². The summed E-state index contributed by atoms with van der Waals surface area (Å²) in [7, 11) is 0. The third-order valence-corrected chi connectivity index (χ3v) is 3.92. The standard InChI is InChI=1S/C15H20N2O3S/c1-6-19-15(18)12-11(7-8(2)3)17-14(20-12)13-9(4)16-10(5)21-13/h8H,6-7H2,1-5H3. The van der Waals surface area contributed by atoms with Crippen molar-refractivity contribution in [3.05, 3.63) is 22.2 Å². The SMILES string of the molecule is CCOC(=O)c1oc(-c2sc(C)nc2C)nc1CC(C)C. The maximum Gasteiger partial charge on any atom is 0.376 e. The average molecular weight is 308 g/mol. The van der Waals surface area contributed by atoms with Gasteiger partial charge < -0.3 is 9.15 Å². The normalized spacial score (nSPS) is 11.1. The fourth-order valence-electron chi connectivity index (χ4n) is 2.06. The molecule has 0 radical (unpaired) electrons. The second-order valence-electron chi connectivity index (χ2n) is 5.26. The van der Waals surface area contributed by atoms with Crippen molar-refractivity contribution in [1.82, 2.24) is 9.97 Å². The minimum atomic E-state index is -0.453. The van der Waals surface area contributed by atoms with E-state index < -0.39 is 5.97 Å². The molecule has 0 N–H and O–H groups in total. The lowest BCUT2D eigenvalue weighted by Crippen LogP contribution is -2.08. The Hall–Kier alpha value is -1.69. The quantitative estimate of drug-likeness (QED) is 0.786. The van der Waals surface area contributed by atoms with Crippen LogP contribution < -0.4 is 0 Å². The molecule has 114 valence electrons. The van der Waals surface area contributed by atoms with Crippen LogP contribution in [0.15, 0.2) is 4.42 Å². The average Bonchev–Trinajstić information content (AvgIpc) is 2.92. The van der Waals surface area contributed by atoms with E-state index in [-0.39, 0.29) is 5.76 Å². The molecule has 21 heavy (non-hydrogen) atoms. The van der Waals surface area contributed by atoms with Gasteiger partial charge in [-0.1, -0.05) is 13.8 Å². The van der Waals surface area contributed by atoms with E-state index in [1.807, 2.05) is 13.8 Å². The third kappa shape index (κ3) is 3.50. The zero-order valence-corrected chi connectivity index (χ0v) is 13.8. The van der Waals surface area contributed by atoms with Crippen molar-refractivity contribution in [2.75, 3.05) is 6.61 Å². The number of esters is 1. The van der Waals surface area contributed by atoms with Crippen LogP contribution in [0.5, 0.6) is 0 Å². The molecule has 0 saturated heterocycles. The second-order valence-corrected chi connectivity index (χ2v) is 6.46. The van der Waals surface area contributed by atoms with Gasteiger partial charge in [0.05, 0.1) is 23.0 Å². The van der Waals surface area contributed by atoms with Crippen LogP contribution in [0.4, 0.5) is 0 Å². The first-order chi connectivity index (χ1) is 9.92. The third-order valence-electron chi connectivity index (χ3n) is 2.86. The van der Waals surface area contributed by atoms with Gasteiger partial charge in [-0.15, -0.1) is 11.3 Å². The summed E-state index contributed by atoms with van der Waals surface area (Å²) in [6.07, 6.45) is 0.675. The van der Waals surface area contributed by atoms with Crippen LogP contribution >= 0.6 is 11.3 Å². The molecule has 2 rings (SSSR count). The number of hydrogen-bond donors (Lipinski definition) is 0. The van der Waals surface area contributed by atoms with Crippen LogP contribution in [0.25, 0.3) is 10.8 Å². The van der Waals surface area contributed by atoms with Crippen LogP contribution in [0.3, 0.4) is 0 Å². The van der Waals surface area contributed by atoms with Gasteiger partial charge in [-0.25, -0.2) is 14.8 Å². The van der Waals surface area contributed by atoms with E-state index in [9.17, 15) is 4.79 Å². The molecule has 2 heterocycles. The van der Waals surface area contributed by atoms with E-state index >= 15 is 0 Å². The number of oxazole rings is 1. The van der Waals surface area contributed by atoms with Gasteiger partial charge in [-0.3, -0.25) is 0 Å². The summed E-state index contributed by atoms with van der Waals surface area (Å²) < 4.78 is 10.7.